The van der Waals surface area contributed by atoms with Crippen molar-refractivity contribution in [3.05, 3.63) is 65.2 Å². The van der Waals surface area contributed by atoms with Crippen LogP contribution in [-0.2, 0) is 16.6 Å². The van der Waals surface area contributed by atoms with Crippen LogP contribution in [0.15, 0.2) is 48.5 Å². The van der Waals surface area contributed by atoms with Crippen molar-refractivity contribution >= 4 is 11.8 Å². The summed E-state index contributed by atoms with van der Waals surface area (Å²) in [5, 5.41) is 0. The summed E-state index contributed by atoms with van der Waals surface area (Å²) < 4.78 is 5.27. The molecule has 0 bridgehead atoms. The van der Waals surface area contributed by atoms with Gasteiger partial charge in [-0.15, -0.1) is 0 Å². The monoisotopic (exact) mass is 354 g/mol. The highest BCUT2D eigenvalue weighted by atomic mass is 16.5. The van der Waals surface area contributed by atoms with E-state index in [1.54, 1.807) is 19.2 Å². The molecule has 0 fully saturated rings. The Balaban J connectivity index is 1.84. The van der Waals surface area contributed by atoms with Crippen molar-refractivity contribution in [2.45, 2.75) is 39.0 Å². The van der Waals surface area contributed by atoms with Crippen LogP contribution in [0.1, 0.15) is 48.7 Å². The van der Waals surface area contributed by atoms with Crippen LogP contribution >= 0.6 is 0 Å². The third-order valence-electron chi connectivity index (χ3n) is 4.14. The van der Waals surface area contributed by atoms with E-state index in [1.807, 2.05) is 36.4 Å². The molecule has 5 nitrogen and oxygen atoms in total. The highest BCUT2D eigenvalue weighted by Crippen LogP contribution is 2.22. The van der Waals surface area contributed by atoms with Gasteiger partial charge in [-0.2, -0.15) is 0 Å². The van der Waals surface area contributed by atoms with E-state index in [0.717, 1.165) is 16.9 Å². The molecular weight excluding hydrogens is 328 g/mol. The van der Waals surface area contributed by atoms with Crippen LogP contribution in [0.3, 0.4) is 0 Å². The Kier molecular flexibility index (Phi) is 6.39. The molecule has 2 aromatic rings. The molecule has 0 heterocycles. The van der Waals surface area contributed by atoms with E-state index < -0.39 is 0 Å². The number of rotatable bonds is 5. The van der Waals surface area contributed by atoms with Gasteiger partial charge in [0.25, 0.3) is 5.91 Å². The Morgan fingerprint density at radius 1 is 0.962 bits per heavy atom. The van der Waals surface area contributed by atoms with Gasteiger partial charge in [0.1, 0.15) is 5.75 Å². The van der Waals surface area contributed by atoms with E-state index in [-0.39, 0.29) is 23.7 Å². The van der Waals surface area contributed by atoms with Crippen molar-refractivity contribution in [3.8, 4) is 5.75 Å². The van der Waals surface area contributed by atoms with Crippen LogP contribution in [0.5, 0.6) is 5.75 Å². The summed E-state index contributed by atoms with van der Waals surface area (Å²) in [7, 11) is 1.60. The van der Waals surface area contributed by atoms with Crippen LogP contribution in [0, 0.1) is 0 Å². The fraction of sp³-hybridized carbons (Fsp3) is 0.333. The number of hydrogen-bond acceptors (Lipinski definition) is 3. The Morgan fingerprint density at radius 3 is 2.23 bits per heavy atom. The first-order valence-electron chi connectivity index (χ1n) is 8.63. The number of amides is 2. The van der Waals surface area contributed by atoms with Crippen LogP contribution in [0.2, 0.25) is 0 Å². The molecule has 0 spiro atoms. The van der Waals surface area contributed by atoms with Gasteiger partial charge in [-0.25, -0.2) is 0 Å². The van der Waals surface area contributed by atoms with Crippen LogP contribution in [-0.4, -0.2) is 18.9 Å². The molecule has 0 aliphatic heterocycles. The fourth-order valence-corrected chi connectivity index (χ4v) is 2.54. The smallest absolute Gasteiger partial charge is 0.269 e. The van der Waals surface area contributed by atoms with Gasteiger partial charge in [0.15, 0.2) is 0 Å². The summed E-state index contributed by atoms with van der Waals surface area (Å²) in [6, 6.07) is 14.9. The highest BCUT2D eigenvalue weighted by Gasteiger charge is 2.14. The number of hydrazine groups is 1. The van der Waals surface area contributed by atoms with E-state index in [4.69, 9.17) is 4.74 Å². The molecule has 0 saturated heterocycles. The minimum atomic E-state index is -0.337. The van der Waals surface area contributed by atoms with Gasteiger partial charge in [-0.1, -0.05) is 51.1 Å². The lowest BCUT2D eigenvalue weighted by molar-refractivity contribution is -0.121. The first-order chi connectivity index (χ1) is 12.3. The lowest BCUT2D eigenvalue weighted by Crippen LogP contribution is -2.41. The fourth-order valence-electron chi connectivity index (χ4n) is 2.54. The van der Waals surface area contributed by atoms with Gasteiger partial charge in [-0.3, -0.25) is 20.4 Å². The molecule has 0 aliphatic rings. The second-order valence-electron chi connectivity index (χ2n) is 7.14. The standard InChI is InChI=1S/C21H26N2O3/c1-21(2,3)17-12-9-16(10-13-17)20(25)23-22-19(24)14-11-15-7-5-6-8-18(15)26-4/h5-10,12-13H,11,14H2,1-4H3,(H,22,24)(H,23,25). The topological polar surface area (TPSA) is 67.4 Å². The highest BCUT2D eigenvalue weighted by molar-refractivity contribution is 5.95. The maximum atomic E-state index is 12.1. The Morgan fingerprint density at radius 2 is 1.62 bits per heavy atom. The molecule has 0 unspecified atom stereocenters. The number of ether oxygens (including phenoxy) is 1. The van der Waals surface area contributed by atoms with Crippen LogP contribution in [0.25, 0.3) is 0 Å². The molecule has 2 aromatic carbocycles. The lowest BCUT2D eigenvalue weighted by Gasteiger charge is -2.19. The minimum absolute atomic E-state index is 0.0295. The quantitative estimate of drug-likeness (QED) is 0.809. The SMILES string of the molecule is COc1ccccc1CCC(=O)NNC(=O)c1ccc(C(C)(C)C)cc1. The van der Waals surface area contributed by atoms with Gasteiger partial charge in [0, 0.05) is 12.0 Å². The second-order valence-corrected chi connectivity index (χ2v) is 7.14. The normalized spacial score (nSPS) is 10.9. The maximum absolute atomic E-state index is 12.1. The number of carbonyl (C=O) groups is 2. The van der Waals surface area contributed by atoms with Gasteiger partial charge >= 0.3 is 0 Å². The van der Waals surface area contributed by atoms with E-state index in [9.17, 15) is 9.59 Å². The molecule has 0 radical (unpaired) electrons. The zero-order valence-corrected chi connectivity index (χ0v) is 15.8. The predicted molar refractivity (Wildman–Crippen MR) is 102 cm³/mol. The van der Waals surface area contributed by atoms with Gasteiger partial charge < -0.3 is 4.74 Å². The minimum Gasteiger partial charge on any atom is -0.496 e. The van der Waals surface area contributed by atoms with Crippen molar-refractivity contribution in [2.75, 3.05) is 7.11 Å². The van der Waals surface area contributed by atoms with E-state index in [0.29, 0.717) is 12.0 Å². The third-order valence-corrected chi connectivity index (χ3v) is 4.14. The summed E-state index contributed by atoms with van der Waals surface area (Å²) in [5.74, 6) is 0.162. The number of aryl methyl sites for hydroxylation is 1. The number of para-hydroxylation sites is 1. The van der Waals surface area contributed by atoms with Crippen molar-refractivity contribution in [3.63, 3.8) is 0 Å². The molecule has 2 amide bonds. The number of nitrogens with one attached hydrogen (secondary N) is 2. The third kappa shape index (κ3) is 5.34. The summed E-state index contributed by atoms with van der Waals surface area (Å²) in [4.78, 5) is 24.1. The summed E-state index contributed by atoms with van der Waals surface area (Å²) in [6.45, 7) is 6.35. The zero-order chi connectivity index (χ0) is 19.2. The molecular formula is C21H26N2O3. The Hall–Kier alpha value is -2.82. The summed E-state index contributed by atoms with van der Waals surface area (Å²) in [6.07, 6.45) is 0.787. The summed E-state index contributed by atoms with van der Waals surface area (Å²) in [5.41, 5.74) is 7.54. The van der Waals surface area contributed by atoms with Crippen molar-refractivity contribution in [1.29, 1.82) is 0 Å². The molecule has 0 aliphatic carbocycles. The lowest BCUT2D eigenvalue weighted by atomic mass is 9.87. The maximum Gasteiger partial charge on any atom is 0.269 e. The molecule has 0 atom stereocenters. The van der Waals surface area contributed by atoms with Crippen molar-refractivity contribution in [2.24, 2.45) is 0 Å². The van der Waals surface area contributed by atoms with Gasteiger partial charge in [0.2, 0.25) is 5.91 Å². The van der Waals surface area contributed by atoms with Gasteiger partial charge in [-0.05, 0) is 41.2 Å². The molecule has 138 valence electrons. The molecule has 26 heavy (non-hydrogen) atoms. The average Bonchev–Trinajstić information content (AvgIpc) is 2.64. The van der Waals surface area contributed by atoms with E-state index in [1.165, 1.54) is 0 Å². The largest absolute Gasteiger partial charge is 0.496 e. The average molecular weight is 354 g/mol. The second kappa shape index (κ2) is 8.52. The van der Waals surface area contributed by atoms with E-state index >= 15 is 0 Å². The van der Waals surface area contributed by atoms with Crippen LogP contribution < -0.4 is 15.6 Å². The number of benzene rings is 2. The first-order valence-corrected chi connectivity index (χ1v) is 8.63. The molecule has 2 rings (SSSR count). The number of hydrogen-bond donors (Lipinski definition) is 2. The zero-order valence-electron chi connectivity index (χ0n) is 15.8. The molecule has 0 aromatic heterocycles. The number of carbonyl (C=O) groups excluding carboxylic acids is 2. The van der Waals surface area contributed by atoms with E-state index in [2.05, 4.69) is 31.6 Å². The van der Waals surface area contributed by atoms with Crippen molar-refractivity contribution in [1.82, 2.24) is 10.9 Å². The molecule has 5 heteroatoms. The first kappa shape index (κ1) is 19.5. The molecule has 2 N–H and O–H groups in total. The summed E-state index contributed by atoms with van der Waals surface area (Å²) >= 11 is 0. The predicted octanol–water partition coefficient (Wildman–Crippen LogP) is 3.39. The number of methoxy groups -OCH3 is 1. The molecule has 0 saturated carbocycles. The Bertz CT molecular complexity index is 762. The van der Waals surface area contributed by atoms with Crippen LogP contribution in [0.4, 0.5) is 0 Å². The van der Waals surface area contributed by atoms with Gasteiger partial charge in [0.05, 0.1) is 7.11 Å². The van der Waals surface area contributed by atoms with Crippen molar-refractivity contribution < 1.29 is 14.3 Å². The Labute approximate surface area is 154 Å².